The van der Waals surface area contributed by atoms with E-state index < -0.39 is 6.04 Å². The van der Waals surface area contributed by atoms with Crippen LogP contribution in [0.2, 0.25) is 0 Å². The summed E-state index contributed by atoms with van der Waals surface area (Å²) in [6.07, 6.45) is 2.70. The first-order valence-electron chi connectivity index (χ1n) is 7.54. The van der Waals surface area contributed by atoms with Crippen LogP contribution in [0, 0.1) is 0 Å². The van der Waals surface area contributed by atoms with Crippen molar-refractivity contribution in [1.82, 2.24) is 4.90 Å². The van der Waals surface area contributed by atoms with Crippen LogP contribution in [-0.2, 0) is 16.0 Å². The van der Waals surface area contributed by atoms with Crippen molar-refractivity contribution < 1.29 is 14.6 Å². The number of carbonyl (C=O) groups excluding carboxylic acids is 1. The van der Waals surface area contributed by atoms with Crippen molar-refractivity contribution in [3.63, 3.8) is 0 Å². The summed E-state index contributed by atoms with van der Waals surface area (Å²) in [5.41, 5.74) is 6.99. The number of rotatable bonds is 6. The van der Waals surface area contributed by atoms with Crippen molar-refractivity contribution >= 4 is 5.91 Å². The molecule has 21 heavy (non-hydrogen) atoms. The summed E-state index contributed by atoms with van der Waals surface area (Å²) in [5, 5.41) is 9.27. The van der Waals surface area contributed by atoms with E-state index >= 15 is 0 Å². The van der Waals surface area contributed by atoms with Gasteiger partial charge in [-0.3, -0.25) is 4.79 Å². The molecule has 5 nitrogen and oxygen atoms in total. The summed E-state index contributed by atoms with van der Waals surface area (Å²) < 4.78 is 5.58. The van der Waals surface area contributed by atoms with Gasteiger partial charge in [-0.2, -0.15) is 0 Å². The molecule has 1 saturated heterocycles. The number of aromatic hydroxyl groups is 1. The number of amides is 1. The molecule has 0 spiro atoms. The Morgan fingerprint density at radius 3 is 2.76 bits per heavy atom. The molecule has 1 unspecified atom stereocenters. The van der Waals surface area contributed by atoms with Crippen molar-refractivity contribution in [3.05, 3.63) is 29.8 Å². The fourth-order valence-electron chi connectivity index (χ4n) is 2.62. The summed E-state index contributed by atoms with van der Waals surface area (Å²) in [6, 6.07) is 6.24. The molecule has 1 heterocycles. The standard InChI is InChI=1S/C16H24N2O3/c1-2-18(11-14-4-3-9-21-14)16(20)15(17)10-12-5-7-13(19)8-6-12/h5-8,14-15,19H,2-4,9-11,17H2,1H3/t14?,15-/m1/s1. The number of likely N-dealkylation sites (N-methyl/N-ethyl adjacent to an activating group) is 1. The van der Waals surface area contributed by atoms with Gasteiger partial charge in [-0.05, 0) is 43.9 Å². The Kier molecular flexibility index (Phi) is 5.59. The van der Waals surface area contributed by atoms with Crippen LogP contribution in [0.3, 0.4) is 0 Å². The summed E-state index contributed by atoms with van der Waals surface area (Å²) in [5.74, 6) is 0.174. The van der Waals surface area contributed by atoms with Gasteiger partial charge in [0.25, 0.3) is 0 Å². The molecule has 0 bridgehead atoms. The van der Waals surface area contributed by atoms with Gasteiger partial charge in [-0.1, -0.05) is 12.1 Å². The average Bonchev–Trinajstić information content (AvgIpc) is 2.99. The minimum Gasteiger partial charge on any atom is -0.508 e. The Labute approximate surface area is 125 Å². The Balaban J connectivity index is 1.91. The van der Waals surface area contributed by atoms with Gasteiger partial charge in [0.05, 0.1) is 12.1 Å². The summed E-state index contributed by atoms with van der Waals surface area (Å²) in [4.78, 5) is 14.2. The highest BCUT2D eigenvalue weighted by molar-refractivity contribution is 5.82. The quantitative estimate of drug-likeness (QED) is 0.828. The summed E-state index contributed by atoms with van der Waals surface area (Å²) in [7, 11) is 0. The molecular weight excluding hydrogens is 268 g/mol. The highest BCUT2D eigenvalue weighted by Crippen LogP contribution is 2.15. The highest BCUT2D eigenvalue weighted by atomic mass is 16.5. The smallest absolute Gasteiger partial charge is 0.239 e. The molecule has 1 aromatic carbocycles. The predicted molar refractivity (Wildman–Crippen MR) is 81.0 cm³/mol. The largest absolute Gasteiger partial charge is 0.508 e. The molecule has 3 N–H and O–H groups in total. The van der Waals surface area contributed by atoms with Crippen LogP contribution < -0.4 is 5.73 Å². The topological polar surface area (TPSA) is 75.8 Å². The average molecular weight is 292 g/mol. The van der Waals surface area contributed by atoms with Crippen LogP contribution >= 0.6 is 0 Å². The van der Waals surface area contributed by atoms with E-state index in [9.17, 15) is 9.90 Å². The van der Waals surface area contributed by atoms with Crippen LogP contribution in [0.1, 0.15) is 25.3 Å². The van der Waals surface area contributed by atoms with Gasteiger partial charge in [0, 0.05) is 19.7 Å². The van der Waals surface area contributed by atoms with E-state index in [-0.39, 0.29) is 17.8 Å². The van der Waals surface area contributed by atoms with Gasteiger partial charge in [-0.25, -0.2) is 0 Å². The molecule has 0 saturated carbocycles. The molecule has 5 heteroatoms. The molecule has 0 radical (unpaired) electrons. The normalized spacial score (nSPS) is 19.4. The van der Waals surface area contributed by atoms with Gasteiger partial charge in [0.15, 0.2) is 0 Å². The number of nitrogens with zero attached hydrogens (tertiary/aromatic N) is 1. The maximum absolute atomic E-state index is 12.4. The third kappa shape index (κ3) is 4.44. The van der Waals surface area contributed by atoms with Crippen molar-refractivity contribution in [1.29, 1.82) is 0 Å². The zero-order valence-electron chi connectivity index (χ0n) is 12.5. The van der Waals surface area contributed by atoms with Crippen LogP contribution in [0.15, 0.2) is 24.3 Å². The van der Waals surface area contributed by atoms with E-state index in [0.717, 1.165) is 25.0 Å². The fourth-order valence-corrected chi connectivity index (χ4v) is 2.62. The monoisotopic (exact) mass is 292 g/mol. The lowest BCUT2D eigenvalue weighted by atomic mass is 10.0. The van der Waals surface area contributed by atoms with E-state index in [2.05, 4.69) is 0 Å². The predicted octanol–water partition coefficient (Wildman–Crippen LogP) is 1.29. The number of phenols is 1. The Morgan fingerprint density at radius 1 is 1.48 bits per heavy atom. The van der Waals surface area contributed by atoms with Gasteiger partial charge < -0.3 is 20.5 Å². The third-order valence-electron chi connectivity index (χ3n) is 3.85. The maximum Gasteiger partial charge on any atom is 0.239 e. The lowest BCUT2D eigenvalue weighted by Gasteiger charge is -2.26. The summed E-state index contributed by atoms with van der Waals surface area (Å²) >= 11 is 0. The van der Waals surface area contributed by atoms with Gasteiger partial charge >= 0.3 is 0 Å². The lowest BCUT2D eigenvalue weighted by molar-refractivity contribution is -0.133. The molecule has 1 amide bonds. The van der Waals surface area contributed by atoms with Crippen molar-refractivity contribution in [2.24, 2.45) is 5.73 Å². The molecule has 0 aliphatic carbocycles. The molecule has 1 aromatic rings. The Morgan fingerprint density at radius 2 is 2.19 bits per heavy atom. The number of carbonyl (C=O) groups is 1. The first kappa shape index (κ1) is 15.8. The highest BCUT2D eigenvalue weighted by Gasteiger charge is 2.25. The van der Waals surface area contributed by atoms with E-state index in [4.69, 9.17) is 10.5 Å². The Hall–Kier alpha value is -1.59. The number of nitrogens with two attached hydrogens (primary N) is 1. The van der Waals surface area contributed by atoms with E-state index in [1.54, 1.807) is 29.2 Å². The zero-order valence-corrected chi connectivity index (χ0v) is 12.5. The number of hydrogen-bond acceptors (Lipinski definition) is 4. The molecule has 2 atom stereocenters. The number of ether oxygens (including phenoxy) is 1. The minimum absolute atomic E-state index is 0.0407. The van der Waals surface area contributed by atoms with E-state index in [1.165, 1.54) is 0 Å². The third-order valence-corrected chi connectivity index (χ3v) is 3.85. The first-order chi connectivity index (χ1) is 10.1. The van der Waals surface area contributed by atoms with Crippen molar-refractivity contribution in [2.75, 3.05) is 19.7 Å². The van der Waals surface area contributed by atoms with Crippen LogP contribution in [0.4, 0.5) is 0 Å². The molecular formula is C16H24N2O3. The van der Waals surface area contributed by atoms with Gasteiger partial charge in [-0.15, -0.1) is 0 Å². The SMILES string of the molecule is CCN(CC1CCCO1)C(=O)[C@H](N)Cc1ccc(O)cc1. The molecule has 2 rings (SSSR count). The van der Waals surface area contributed by atoms with E-state index in [1.807, 2.05) is 6.92 Å². The van der Waals surface area contributed by atoms with Crippen LogP contribution in [-0.4, -0.2) is 47.8 Å². The van der Waals surface area contributed by atoms with Crippen molar-refractivity contribution in [3.8, 4) is 5.75 Å². The first-order valence-corrected chi connectivity index (χ1v) is 7.54. The van der Waals surface area contributed by atoms with Crippen LogP contribution in [0.5, 0.6) is 5.75 Å². The maximum atomic E-state index is 12.4. The molecule has 1 aliphatic heterocycles. The van der Waals surface area contributed by atoms with Gasteiger partial charge in [0.1, 0.15) is 5.75 Å². The zero-order chi connectivity index (χ0) is 15.2. The fraction of sp³-hybridized carbons (Fsp3) is 0.562. The molecule has 116 valence electrons. The minimum atomic E-state index is -0.559. The number of benzene rings is 1. The van der Waals surface area contributed by atoms with Crippen molar-refractivity contribution in [2.45, 2.75) is 38.3 Å². The summed E-state index contributed by atoms with van der Waals surface area (Å²) in [6.45, 7) is 4.01. The molecule has 0 aromatic heterocycles. The second-order valence-corrected chi connectivity index (χ2v) is 5.49. The lowest BCUT2D eigenvalue weighted by Crippen LogP contribution is -2.47. The number of phenolic OH excluding ortho intramolecular Hbond substituents is 1. The second kappa shape index (κ2) is 7.43. The van der Waals surface area contributed by atoms with E-state index in [0.29, 0.717) is 19.5 Å². The molecule has 1 aliphatic rings. The van der Waals surface area contributed by atoms with Gasteiger partial charge in [0.2, 0.25) is 5.91 Å². The second-order valence-electron chi connectivity index (χ2n) is 5.49. The number of hydrogen-bond donors (Lipinski definition) is 2. The molecule has 1 fully saturated rings. The van der Waals surface area contributed by atoms with Crippen LogP contribution in [0.25, 0.3) is 0 Å². The Bertz CT molecular complexity index is 455.